The fraction of sp³-hybridized carbons (Fsp3) is 0. The number of hydrogen-bond donors (Lipinski definition) is 0. The summed E-state index contributed by atoms with van der Waals surface area (Å²) >= 11 is 0. The van der Waals surface area contributed by atoms with Crippen LogP contribution in [0.15, 0.2) is 25.3 Å². The fourth-order valence-electron chi connectivity index (χ4n) is 0. The predicted octanol–water partition coefficient (Wildman–Crippen LogP) is 2.01. The van der Waals surface area contributed by atoms with E-state index in [0.29, 0.717) is 0 Å². The molecule has 0 aliphatic carbocycles. The Morgan fingerprint density at radius 2 is 1.00 bits per heavy atom. The molecule has 0 aliphatic rings. The molecule has 0 spiro atoms. The first-order valence-electron chi connectivity index (χ1n) is 1.63. The minimum Gasteiger partial charge on any atom is -0.245 e. The maximum absolute atomic E-state index is 3.25. The number of hydrogen-bond acceptors (Lipinski definition) is 0. The summed E-state index contributed by atoms with van der Waals surface area (Å²) in [6.07, 6.45) is 3.00. The van der Waals surface area contributed by atoms with Crippen LogP contribution >= 0.6 is 0 Å². The topological polar surface area (TPSA) is 0 Å². The van der Waals surface area contributed by atoms with E-state index in [2.05, 4.69) is 27.0 Å². The Morgan fingerprint density at radius 1 is 1.00 bits per heavy atom. The van der Waals surface area contributed by atoms with Crippen LogP contribution in [-0.4, -0.2) is 0 Å². The first-order valence-corrected chi connectivity index (χ1v) is 1.63. The van der Waals surface area contributed by atoms with Gasteiger partial charge in [0.25, 0.3) is 0 Å². The minimum absolute atomic E-state index is 0. The van der Waals surface area contributed by atoms with Crippen LogP contribution in [0, 0.1) is 13.8 Å². The van der Waals surface area contributed by atoms with Gasteiger partial charge in [0.15, 0.2) is 0 Å². The molecule has 0 aromatic rings. The second kappa shape index (κ2) is 40.3. The van der Waals surface area contributed by atoms with Crippen molar-refractivity contribution in [1.29, 1.82) is 0 Å². The van der Waals surface area contributed by atoms with Crippen molar-refractivity contribution in [2.24, 2.45) is 0 Å². The van der Waals surface area contributed by atoms with Crippen LogP contribution in [0.25, 0.3) is 0 Å². The van der Waals surface area contributed by atoms with E-state index in [0.717, 1.165) is 0 Å². The van der Waals surface area contributed by atoms with Gasteiger partial charge >= 0.3 is 19.5 Å². The van der Waals surface area contributed by atoms with Crippen molar-refractivity contribution in [1.82, 2.24) is 0 Å². The van der Waals surface area contributed by atoms with Crippen molar-refractivity contribution < 1.29 is 19.5 Å². The average molecular weight is 185 g/mol. The zero-order chi connectivity index (χ0) is 5.41. The zero-order valence-electron chi connectivity index (χ0n) is 4.32. The molecular weight excluding hydrogens is 175 g/mol. The number of rotatable bonds is 0. The Balaban J connectivity index is -0.0000000400. The molecule has 0 rings (SSSR count). The SMILES string of the molecule is C=C[CH2-].C=C[CH2-].[Rh+2]. The van der Waals surface area contributed by atoms with E-state index < -0.39 is 0 Å². The summed E-state index contributed by atoms with van der Waals surface area (Å²) in [5.41, 5.74) is 0. The molecule has 1 radical (unpaired) electrons. The zero-order valence-corrected chi connectivity index (χ0v) is 5.96. The van der Waals surface area contributed by atoms with Gasteiger partial charge in [0.05, 0.1) is 0 Å². The van der Waals surface area contributed by atoms with Gasteiger partial charge in [-0.25, -0.2) is 39.2 Å². The quantitative estimate of drug-likeness (QED) is 0.400. The summed E-state index contributed by atoms with van der Waals surface area (Å²) in [4.78, 5) is 0. The Bertz CT molecular complexity index is 25.2. The van der Waals surface area contributed by atoms with Crippen molar-refractivity contribution in [3.05, 3.63) is 39.2 Å². The molecule has 0 heterocycles. The van der Waals surface area contributed by atoms with E-state index in [-0.39, 0.29) is 19.5 Å². The van der Waals surface area contributed by atoms with Gasteiger partial charge in [0.1, 0.15) is 0 Å². The molecule has 0 atom stereocenters. The van der Waals surface area contributed by atoms with Crippen LogP contribution in [-0.2, 0) is 19.5 Å². The van der Waals surface area contributed by atoms with Crippen molar-refractivity contribution in [3.8, 4) is 0 Å². The van der Waals surface area contributed by atoms with Crippen molar-refractivity contribution in [2.75, 3.05) is 0 Å². The van der Waals surface area contributed by atoms with Gasteiger partial charge in [-0.2, -0.15) is 0 Å². The summed E-state index contributed by atoms with van der Waals surface area (Å²) in [6, 6.07) is 0. The molecule has 0 aromatic carbocycles. The van der Waals surface area contributed by atoms with Crippen LogP contribution in [0.4, 0.5) is 0 Å². The summed E-state index contributed by atoms with van der Waals surface area (Å²) in [7, 11) is 0. The molecule has 43 valence electrons. The molecule has 0 aliphatic heterocycles. The van der Waals surface area contributed by atoms with E-state index in [1.807, 2.05) is 0 Å². The fourth-order valence-corrected chi connectivity index (χ4v) is 0. The smallest absolute Gasteiger partial charge is 0.245 e. The number of allylic oxidation sites excluding steroid dienone is 2. The summed E-state index contributed by atoms with van der Waals surface area (Å²) in [5, 5.41) is 0. The van der Waals surface area contributed by atoms with Crippen LogP contribution in [0.5, 0.6) is 0 Å². The normalized spacial score (nSPS) is 3.43. The molecule has 0 unspecified atom stereocenters. The Labute approximate surface area is 59.1 Å². The minimum atomic E-state index is 0. The third kappa shape index (κ3) is 3520. The van der Waals surface area contributed by atoms with E-state index in [4.69, 9.17) is 0 Å². The van der Waals surface area contributed by atoms with Gasteiger partial charge in [-0.15, -0.1) is 0 Å². The molecular formula is C6H10Rh. The summed E-state index contributed by atoms with van der Waals surface area (Å²) in [6.45, 7) is 13.0. The van der Waals surface area contributed by atoms with Crippen molar-refractivity contribution in [3.63, 3.8) is 0 Å². The first kappa shape index (κ1) is 15.8. The van der Waals surface area contributed by atoms with Crippen molar-refractivity contribution in [2.45, 2.75) is 0 Å². The van der Waals surface area contributed by atoms with E-state index >= 15 is 0 Å². The van der Waals surface area contributed by atoms with Crippen LogP contribution in [0.3, 0.4) is 0 Å². The molecule has 0 saturated heterocycles. The molecule has 0 saturated carbocycles. The van der Waals surface area contributed by atoms with Gasteiger partial charge in [0, 0.05) is 0 Å². The Kier molecular flexibility index (Phi) is 91.2. The van der Waals surface area contributed by atoms with Crippen LogP contribution in [0.1, 0.15) is 0 Å². The van der Waals surface area contributed by atoms with Crippen LogP contribution < -0.4 is 0 Å². The van der Waals surface area contributed by atoms with Gasteiger partial charge in [-0.05, 0) is 0 Å². The molecule has 1 heteroatoms. The molecule has 0 aromatic heterocycles. The molecule has 0 amide bonds. The van der Waals surface area contributed by atoms with Gasteiger partial charge in [-0.3, -0.25) is 0 Å². The average Bonchev–Trinajstić information content (AvgIpc) is 1.39. The summed E-state index contributed by atoms with van der Waals surface area (Å²) in [5.74, 6) is 0. The second-order valence-electron chi connectivity index (χ2n) is 0.577. The third-order valence-electron chi connectivity index (χ3n) is 0. The van der Waals surface area contributed by atoms with E-state index in [9.17, 15) is 0 Å². The standard InChI is InChI=1S/2C3H5.Rh/c2*1-3-2;/h2*3H,1-2H2;/q2*-1;+2. The van der Waals surface area contributed by atoms with Crippen molar-refractivity contribution >= 4 is 0 Å². The predicted molar refractivity (Wildman–Crippen MR) is 31.1 cm³/mol. The Hall–Kier alpha value is -0.157. The Morgan fingerprint density at radius 3 is 1.00 bits per heavy atom. The maximum atomic E-state index is 3.25. The first-order chi connectivity index (χ1) is 2.83. The van der Waals surface area contributed by atoms with Gasteiger partial charge in [-0.1, -0.05) is 0 Å². The third-order valence-corrected chi connectivity index (χ3v) is 0. The maximum Gasteiger partial charge on any atom is 2.00 e. The van der Waals surface area contributed by atoms with E-state index in [1.54, 1.807) is 0 Å². The van der Waals surface area contributed by atoms with Gasteiger partial charge < -0.3 is 0 Å². The van der Waals surface area contributed by atoms with E-state index in [1.165, 1.54) is 12.2 Å². The molecule has 7 heavy (non-hydrogen) atoms. The molecule has 0 fully saturated rings. The molecule has 0 bridgehead atoms. The molecule has 0 N–H and O–H groups in total. The molecule has 0 nitrogen and oxygen atoms in total. The monoisotopic (exact) mass is 185 g/mol. The second-order valence-corrected chi connectivity index (χ2v) is 0.577. The largest absolute Gasteiger partial charge is 2.00 e. The summed E-state index contributed by atoms with van der Waals surface area (Å²) < 4.78 is 0. The van der Waals surface area contributed by atoms with Gasteiger partial charge in [0.2, 0.25) is 0 Å². The van der Waals surface area contributed by atoms with Crippen LogP contribution in [0.2, 0.25) is 0 Å².